The second-order valence-electron chi connectivity index (χ2n) is 4.92. The minimum Gasteiger partial charge on any atom is -0.369 e. The van der Waals surface area contributed by atoms with Crippen LogP contribution in [0.1, 0.15) is 44.7 Å². The summed E-state index contributed by atoms with van der Waals surface area (Å²) in [5.74, 6) is 0. The summed E-state index contributed by atoms with van der Waals surface area (Å²) >= 11 is 0. The Balaban J connectivity index is 2.14. The van der Waals surface area contributed by atoms with E-state index in [0.29, 0.717) is 6.04 Å². The molecule has 0 bridgehead atoms. The zero-order valence-electron chi connectivity index (χ0n) is 10.3. The van der Waals surface area contributed by atoms with Gasteiger partial charge in [0, 0.05) is 24.3 Å². The number of piperidine rings is 1. The third kappa shape index (κ3) is 2.38. The topological polar surface area (TPSA) is 29.3 Å². The molecule has 1 unspecified atom stereocenters. The number of anilines is 1. The molecule has 1 aliphatic heterocycles. The summed E-state index contributed by atoms with van der Waals surface area (Å²) in [7, 11) is 0. The fraction of sp³-hybridized carbons (Fsp3) is 0.571. The summed E-state index contributed by atoms with van der Waals surface area (Å²) in [6, 6.07) is 9.53. The van der Waals surface area contributed by atoms with Crippen molar-refractivity contribution >= 4 is 5.69 Å². The number of hydrogen-bond donors (Lipinski definition) is 1. The van der Waals surface area contributed by atoms with Crippen LogP contribution in [-0.4, -0.2) is 12.6 Å². The van der Waals surface area contributed by atoms with Gasteiger partial charge in [0.15, 0.2) is 0 Å². The highest BCUT2D eigenvalue weighted by Crippen LogP contribution is 2.25. The highest BCUT2D eigenvalue weighted by atomic mass is 15.2. The molecule has 0 radical (unpaired) electrons. The Bertz CT molecular complexity index is 329. The van der Waals surface area contributed by atoms with E-state index in [2.05, 4.69) is 36.1 Å². The van der Waals surface area contributed by atoms with Gasteiger partial charge in [-0.25, -0.2) is 0 Å². The molecule has 0 aromatic heterocycles. The first-order valence-electron chi connectivity index (χ1n) is 6.30. The van der Waals surface area contributed by atoms with Crippen LogP contribution in [0, 0.1) is 0 Å². The minimum atomic E-state index is 0.132. The van der Waals surface area contributed by atoms with Crippen molar-refractivity contribution in [3.05, 3.63) is 29.8 Å². The van der Waals surface area contributed by atoms with Gasteiger partial charge >= 0.3 is 0 Å². The molecule has 1 heterocycles. The van der Waals surface area contributed by atoms with Crippen molar-refractivity contribution in [2.45, 2.75) is 45.2 Å². The van der Waals surface area contributed by atoms with E-state index in [1.807, 2.05) is 6.92 Å². The lowest BCUT2D eigenvalue weighted by molar-refractivity contribution is 0.485. The first-order chi connectivity index (χ1) is 7.68. The number of benzene rings is 1. The maximum absolute atomic E-state index is 5.86. The maximum Gasteiger partial charge on any atom is 0.0368 e. The SMILES string of the molecule is CC1CCCCN1c1ccc([C@@H](C)N)cc1. The van der Waals surface area contributed by atoms with Crippen LogP contribution >= 0.6 is 0 Å². The molecule has 1 saturated heterocycles. The molecule has 2 atom stereocenters. The molecule has 2 rings (SSSR count). The van der Waals surface area contributed by atoms with Gasteiger partial charge in [-0.2, -0.15) is 0 Å². The Hall–Kier alpha value is -1.02. The van der Waals surface area contributed by atoms with Crippen LogP contribution in [0.4, 0.5) is 5.69 Å². The summed E-state index contributed by atoms with van der Waals surface area (Å²) in [6.07, 6.45) is 4.00. The average Bonchev–Trinajstić information content (AvgIpc) is 2.30. The first-order valence-corrected chi connectivity index (χ1v) is 6.30. The minimum absolute atomic E-state index is 0.132. The van der Waals surface area contributed by atoms with Crippen LogP contribution in [0.5, 0.6) is 0 Å². The third-order valence-corrected chi connectivity index (χ3v) is 3.55. The Labute approximate surface area is 98.4 Å². The number of nitrogens with two attached hydrogens (primary N) is 1. The maximum atomic E-state index is 5.86. The third-order valence-electron chi connectivity index (χ3n) is 3.55. The zero-order chi connectivity index (χ0) is 11.5. The molecule has 0 amide bonds. The fourth-order valence-corrected chi connectivity index (χ4v) is 2.45. The highest BCUT2D eigenvalue weighted by molar-refractivity contribution is 5.49. The molecule has 1 fully saturated rings. The van der Waals surface area contributed by atoms with Crippen LogP contribution in [0.2, 0.25) is 0 Å². The van der Waals surface area contributed by atoms with Gasteiger partial charge in [-0.1, -0.05) is 12.1 Å². The predicted octanol–water partition coefficient (Wildman–Crippen LogP) is 3.09. The Kier molecular flexibility index (Phi) is 3.49. The number of nitrogens with zero attached hydrogens (tertiary/aromatic N) is 1. The van der Waals surface area contributed by atoms with Gasteiger partial charge in [0.1, 0.15) is 0 Å². The lowest BCUT2D eigenvalue weighted by Gasteiger charge is -2.35. The van der Waals surface area contributed by atoms with Crippen LogP contribution in [0.3, 0.4) is 0 Å². The molecule has 0 spiro atoms. The monoisotopic (exact) mass is 218 g/mol. The molecule has 88 valence electrons. The van der Waals surface area contributed by atoms with Gasteiger partial charge in [0.05, 0.1) is 0 Å². The molecule has 0 saturated carbocycles. The van der Waals surface area contributed by atoms with Gasteiger partial charge in [-0.3, -0.25) is 0 Å². The number of rotatable bonds is 2. The molecule has 2 nitrogen and oxygen atoms in total. The number of hydrogen-bond acceptors (Lipinski definition) is 2. The van der Waals surface area contributed by atoms with Gasteiger partial charge < -0.3 is 10.6 Å². The molecule has 1 aromatic rings. The first kappa shape index (κ1) is 11.5. The summed E-state index contributed by atoms with van der Waals surface area (Å²) in [6.45, 7) is 5.54. The van der Waals surface area contributed by atoms with Crippen molar-refractivity contribution in [2.75, 3.05) is 11.4 Å². The van der Waals surface area contributed by atoms with Gasteiger partial charge in [-0.05, 0) is 50.8 Å². The normalized spacial score (nSPS) is 23.2. The largest absolute Gasteiger partial charge is 0.369 e. The highest BCUT2D eigenvalue weighted by Gasteiger charge is 2.18. The van der Waals surface area contributed by atoms with E-state index in [9.17, 15) is 0 Å². The van der Waals surface area contributed by atoms with Gasteiger partial charge in [0.25, 0.3) is 0 Å². The molecular formula is C14H22N2. The molecule has 2 heteroatoms. The molecule has 2 N–H and O–H groups in total. The second kappa shape index (κ2) is 4.88. The van der Waals surface area contributed by atoms with Gasteiger partial charge in [0.2, 0.25) is 0 Å². The summed E-state index contributed by atoms with van der Waals surface area (Å²) in [5, 5.41) is 0. The van der Waals surface area contributed by atoms with E-state index in [1.165, 1.54) is 37.1 Å². The van der Waals surface area contributed by atoms with Gasteiger partial charge in [-0.15, -0.1) is 0 Å². The second-order valence-corrected chi connectivity index (χ2v) is 4.92. The van der Waals surface area contributed by atoms with Crippen molar-refractivity contribution in [1.82, 2.24) is 0 Å². The average molecular weight is 218 g/mol. The van der Waals surface area contributed by atoms with Crippen LogP contribution in [0.25, 0.3) is 0 Å². The van der Waals surface area contributed by atoms with Crippen LogP contribution < -0.4 is 10.6 Å². The quantitative estimate of drug-likeness (QED) is 0.826. The molecule has 0 aliphatic carbocycles. The van der Waals surface area contributed by atoms with Crippen LogP contribution in [0.15, 0.2) is 24.3 Å². The molecular weight excluding hydrogens is 196 g/mol. The molecule has 1 aromatic carbocycles. The van der Waals surface area contributed by atoms with Crippen molar-refractivity contribution in [3.63, 3.8) is 0 Å². The van der Waals surface area contributed by atoms with Crippen molar-refractivity contribution < 1.29 is 0 Å². The predicted molar refractivity (Wildman–Crippen MR) is 69.7 cm³/mol. The van der Waals surface area contributed by atoms with Crippen LogP contribution in [-0.2, 0) is 0 Å². The van der Waals surface area contributed by atoms with Crippen molar-refractivity contribution in [2.24, 2.45) is 5.73 Å². The molecule has 1 aliphatic rings. The molecule has 16 heavy (non-hydrogen) atoms. The summed E-state index contributed by atoms with van der Waals surface area (Å²) < 4.78 is 0. The van der Waals surface area contributed by atoms with E-state index in [1.54, 1.807) is 0 Å². The smallest absolute Gasteiger partial charge is 0.0368 e. The van der Waals surface area contributed by atoms with Crippen molar-refractivity contribution in [3.8, 4) is 0 Å². The Morgan fingerprint density at radius 1 is 1.25 bits per heavy atom. The summed E-state index contributed by atoms with van der Waals surface area (Å²) in [5.41, 5.74) is 8.42. The lowest BCUT2D eigenvalue weighted by Crippen LogP contribution is -2.37. The van der Waals surface area contributed by atoms with Crippen molar-refractivity contribution in [1.29, 1.82) is 0 Å². The van der Waals surface area contributed by atoms with E-state index in [-0.39, 0.29) is 6.04 Å². The zero-order valence-corrected chi connectivity index (χ0v) is 10.3. The van der Waals surface area contributed by atoms with E-state index >= 15 is 0 Å². The summed E-state index contributed by atoms with van der Waals surface area (Å²) in [4.78, 5) is 2.51. The van der Waals surface area contributed by atoms with E-state index < -0.39 is 0 Å². The Morgan fingerprint density at radius 3 is 2.50 bits per heavy atom. The Morgan fingerprint density at radius 2 is 1.94 bits per heavy atom. The standard InChI is InChI=1S/C14H22N2/c1-11-5-3-4-10-16(11)14-8-6-13(7-9-14)12(2)15/h6-9,11-12H,3-5,10,15H2,1-2H3/t11?,12-/m1/s1. The fourth-order valence-electron chi connectivity index (χ4n) is 2.45. The van der Waals surface area contributed by atoms with E-state index in [0.717, 1.165) is 0 Å². The lowest BCUT2D eigenvalue weighted by atomic mass is 10.0. The van der Waals surface area contributed by atoms with E-state index in [4.69, 9.17) is 5.73 Å².